The van der Waals surface area contributed by atoms with Gasteiger partial charge in [0.1, 0.15) is 5.75 Å². The molecule has 0 saturated carbocycles. The number of carbonyl (C=O) groups is 1. The molecular weight excluding hydrogens is 216 g/mol. The zero-order chi connectivity index (χ0) is 12.7. The Balaban J connectivity index is 2.86. The van der Waals surface area contributed by atoms with Crippen molar-refractivity contribution < 1.29 is 14.3 Å². The first-order valence-corrected chi connectivity index (χ1v) is 5.58. The molecule has 0 atom stereocenters. The van der Waals surface area contributed by atoms with Crippen LogP contribution in [0, 0.1) is 11.8 Å². The first-order valence-electron chi connectivity index (χ1n) is 5.58. The van der Waals surface area contributed by atoms with Crippen molar-refractivity contribution >= 4 is 5.97 Å². The van der Waals surface area contributed by atoms with Crippen molar-refractivity contribution in [3.8, 4) is 17.6 Å². The van der Waals surface area contributed by atoms with Gasteiger partial charge in [-0.2, -0.15) is 0 Å². The van der Waals surface area contributed by atoms with Gasteiger partial charge < -0.3 is 9.47 Å². The van der Waals surface area contributed by atoms with E-state index in [1.807, 2.05) is 38.1 Å². The van der Waals surface area contributed by atoms with Crippen LogP contribution in [-0.2, 0) is 9.53 Å². The molecule has 0 heterocycles. The number of para-hydroxylation sites is 1. The van der Waals surface area contributed by atoms with E-state index >= 15 is 0 Å². The molecule has 1 aromatic carbocycles. The van der Waals surface area contributed by atoms with E-state index in [9.17, 15) is 4.79 Å². The van der Waals surface area contributed by atoms with Crippen LogP contribution < -0.4 is 4.74 Å². The average Bonchev–Trinajstić information content (AvgIpc) is 2.27. The fourth-order valence-electron chi connectivity index (χ4n) is 1.21. The van der Waals surface area contributed by atoms with Crippen LogP contribution in [-0.4, -0.2) is 18.7 Å². The number of hydrogen-bond donors (Lipinski definition) is 0. The van der Waals surface area contributed by atoms with E-state index < -0.39 is 5.97 Å². The first kappa shape index (κ1) is 13.1. The number of ether oxygens (including phenoxy) is 2. The van der Waals surface area contributed by atoms with E-state index in [-0.39, 0.29) is 6.10 Å². The highest BCUT2D eigenvalue weighted by Crippen LogP contribution is 2.17. The molecule has 0 N–H and O–H groups in total. The zero-order valence-electron chi connectivity index (χ0n) is 10.3. The SMILES string of the molecule is CCOC(=O)C#Cc1ccccc1OC(C)C. The monoisotopic (exact) mass is 232 g/mol. The maximum absolute atomic E-state index is 11.1. The van der Waals surface area contributed by atoms with Gasteiger partial charge in [-0.25, -0.2) is 4.79 Å². The Bertz CT molecular complexity index is 438. The largest absolute Gasteiger partial charge is 0.490 e. The lowest BCUT2D eigenvalue weighted by Gasteiger charge is -2.10. The molecule has 0 saturated heterocycles. The van der Waals surface area contributed by atoms with Crippen LogP contribution >= 0.6 is 0 Å². The number of esters is 1. The third-order valence-electron chi connectivity index (χ3n) is 1.82. The van der Waals surface area contributed by atoms with E-state index in [4.69, 9.17) is 9.47 Å². The summed E-state index contributed by atoms with van der Waals surface area (Å²) >= 11 is 0. The van der Waals surface area contributed by atoms with Gasteiger partial charge in [-0.15, -0.1) is 0 Å². The molecule has 0 aromatic heterocycles. The third-order valence-corrected chi connectivity index (χ3v) is 1.82. The summed E-state index contributed by atoms with van der Waals surface area (Å²) in [7, 11) is 0. The van der Waals surface area contributed by atoms with Gasteiger partial charge in [0.2, 0.25) is 0 Å². The van der Waals surface area contributed by atoms with Gasteiger partial charge in [0.15, 0.2) is 0 Å². The topological polar surface area (TPSA) is 35.5 Å². The van der Waals surface area contributed by atoms with Crippen LogP contribution in [0.25, 0.3) is 0 Å². The summed E-state index contributed by atoms with van der Waals surface area (Å²) in [5.74, 6) is 5.33. The molecule has 0 bridgehead atoms. The summed E-state index contributed by atoms with van der Waals surface area (Å²) < 4.78 is 10.3. The van der Waals surface area contributed by atoms with Crippen molar-refractivity contribution in [1.82, 2.24) is 0 Å². The predicted octanol–water partition coefficient (Wildman–Crippen LogP) is 2.39. The van der Waals surface area contributed by atoms with Crippen LogP contribution in [0.3, 0.4) is 0 Å². The maximum Gasteiger partial charge on any atom is 0.384 e. The number of benzene rings is 1. The summed E-state index contributed by atoms with van der Waals surface area (Å²) in [5.41, 5.74) is 0.689. The maximum atomic E-state index is 11.1. The fourth-order valence-corrected chi connectivity index (χ4v) is 1.21. The minimum absolute atomic E-state index is 0.0699. The molecule has 1 aromatic rings. The number of hydrogen-bond acceptors (Lipinski definition) is 3. The standard InChI is InChI=1S/C14H16O3/c1-4-16-14(15)10-9-12-7-5-6-8-13(12)17-11(2)3/h5-8,11H,4H2,1-3H3. The molecule has 0 unspecified atom stereocenters. The lowest BCUT2D eigenvalue weighted by molar-refractivity contribution is -0.136. The molecule has 0 fully saturated rings. The molecule has 3 nitrogen and oxygen atoms in total. The van der Waals surface area contributed by atoms with Gasteiger partial charge in [-0.05, 0) is 32.9 Å². The minimum atomic E-state index is -0.521. The van der Waals surface area contributed by atoms with Crippen molar-refractivity contribution in [2.75, 3.05) is 6.61 Å². The molecular formula is C14H16O3. The Morgan fingerprint density at radius 1 is 1.35 bits per heavy atom. The molecule has 0 aliphatic carbocycles. The lowest BCUT2D eigenvalue weighted by atomic mass is 10.2. The average molecular weight is 232 g/mol. The van der Waals surface area contributed by atoms with Gasteiger partial charge in [0.05, 0.1) is 18.3 Å². The summed E-state index contributed by atoms with van der Waals surface area (Å²) in [4.78, 5) is 11.1. The van der Waals surface area contributed by atoms with Crippen LogP contribution in [0.1, 0.15) is 26.3 Å². The number of rotatable bonds is 3. The first-order chi connectivity index (χ1) is 8.13. The smallest absolute Gasteiger partial charge is 0.384 e. The quantitative estimate of drug-likeness (QED) is 0.593. The van der Waals surface area contributed by atoms with Crippen molar-refractivity contribution in [2.45, 2.75) is 26.9 Å². The third kappa shape index (κ3) is 4.60. The highest BCUT2D eigenvalue weighted by molar-refractivity contribution is 5.89. The van der Waals surface area contributed by atoms with Gasteiger partial charge in [-0.3, -0.25) is 0 Å². The summed E-state index contributed by atoms with van der Waals surface area (Å²) in [5, 5.41) is 0. The van der Waals surface area contributed by atoms with Crippen LogP contribution in [0.2, 0.25) is 0 Å². The van der Waals surface area contributed by atoms with Crippen molar-refractivity contribution in [3.63, 3.8) is 0 Å². The second-order valence-corrected chi connectivity index (χ2v) is 3.63. The van der Waals surface area contributed by atoms with Crippen LogP contribution in [0.15, 0.2) is 24.3 Å². The molecule has 0 aliphatic heterocycles. The molecule has 90 valence electrons. The molecule has 0 radical (unpaired) electrons. The van der Waals surface area contributed by atoms with Crippen molar-refractivity contribution in [3.05, 3.63) is 29.8 Å². The molecule has 0 aliphatic rings. The Hall–Kier alpha value is -1.95. The fraction of sp³-hybridized carbons (Fsp3) is 0.357. The molecule has 17 heavy (non-hydrogen) atoms. The van der Waals surface area contributed by atoms with Crippen LogP contribution in [0.4, 0.5) is 0 Å². The van der Waals surface area contributed by atoms with E-state index in [0.717, 1.165) is 0 Å². The summed E-state index contributed by atoms with van der Waals surface area (Å²) in [6, 6.07) is 7.36. The Morgan fingerprint density at radius 2 is 2.06 bits per heavy atom. The zero-order valence-corrected chi connectivity index (χ0v) is 10.3. The van der Waals surface area contributed by atoms with Gasteiger partial charge in [-0.1, -0.05) is 18.1 Å². The normalized spacial score (nSPS) is 9.41. The Kier molecular flexibility index (Phi) is 5.09. The van der Waals surface area contributed by atoms with Crippen molar-refractivity contribution in [1.29, 1.82) is 0 Å². The van der Waals surface area contributed by atoms with E-state index in [1.54, 1.807) is 6.92 Å². The Morgan fingerprint density at radius 3 is 2.71 bits per heavy atom. The van der Waals surface area contributed by atoms with Crippen LogP contribution in [0.5, 0.6) is 5.75 Å². The summed E-state index contributed by atoms with van der Waals surface area (Å²) in [6.45, 7) is 5.96. The Labute approximate surface area is 102 Å². The highest BCUT2D eigenvalue weighted by atomic mass is 16.5. The molecule has 1 rings (SSSR count). The number of carbonyl (C=O) groups excluding carboxylic acids is 1. The molecule has 0 spiro atoms. The van der Waals surface area contributed by atoms with Crippen molar-refractivity contribution in [2.24, 2.45) is 0 Å². The van der Waals surface area contributed by atoms with E-state index in [0.29, 0.717) is 17.9 Å². The second kappa shape index (κ2) is 6.59. The molecule has 3 heteroatoms. The minimum Gasteiger partial charge on any atom is -0.490 e. The van der Waals surface area contributed by atoms with Gasteiger partial charge in [0.25, 0.3) is 0 Å². The summed E-state index contributed by atoms with van der Waals surface area (Å²) in [6.07, 6.45) is 0.0699. The molecule has 0 amide bonds. The van der Waals surface area contributed by atoms with Gasteiger partial charge in [0, 0.05) is 5.92 Å². The van der Waals surface area contributed by atoms with E-state index in [2.05, 4.69) is 11.8 Å². The predicted molar refractivity (Wildman–Crippen MR) is 65.7 cm³/mol. The highest BCUT2D eigenvalue weighted by Gasteiger charge is 2.02. The van der Waals surface area contributed by atoms with E-state index in [1.165, 1.54) is 0 Å². The second-order valence-electron chi connectivity index (χ2n) is 3.63. The van der Waals surface area contributed by atoms with Gasteiger partial charge >= 0.3 is 5.97 Å². The lowest BCUT2D eigenvalue weighted by Crippen LogP contribution is -2.06.